The van der Waals surface area contributed by atoms with Crippen LogP contribution in [0.3, 0.4) is 0 Å². The lowest BCUT2D eigenvalue weighted by Crippen LogP contribution is -2.35. The van der Waals surface area contributed by atoms with Gasteiger partial charge < -0.3 is 14.4 Å². The fourth-order valence-electron chi connectivity index (χ4n) is 6.16. The van der Waals surface area contributed by atoms with Gasteiger partial charge in [-0.25, -0.2) is 19.2 Å². The van der Waals surface area contributed by atoms with Crippen LogP contribution in [0, 0.1) is 23.1 Å². The summed E-state index contributed by atoms with van der Waals surface area (Å²) in [6.07, 6.45) is 3.86. The fraction of sp³-hybridized carbons (Fsp3) is 0.281. The van der Waals surface area contributed by atoms with Gasteiger partial charge in [-0.3, -0.25) is 9.88 Å². The first-order valence-electron chi connectivity index (χ1n) is 14.1. The maximum atomic E-state index is 14.3. The fourth-order valence-corrected chi connectivity index (χ4v) is 6.75. The molecular formula is C32H27FN6O3S. The summed E-state index contributed by atoms with van der Waals surface area (Å²) >= 11 is 1.57. The first-order valence-corrected chi connectivity index (χ1v) is 15.0. The number of carboxylic acids is 1. The largest absolute Gasteiger partial charge is 0.478 e. The standard InChI is InChI=1S/C32H27FN6O3S/c33-25-10-19(13-34)4-5-21(25)17-42-31-3-1-2-26(37-31)23-8-9-38(28-12-24(23)28)16-30-36-27-7-6-20(32(40)41)11-29(27)39(30)15-22-14-35-18-43-22/h1-7,10-11,14,18,23-24,28H,8-9,12,15-17H2,(H,40,41)/t23-,24+,28+/m1/s1. The van der Waals surface area contributed by atoms with Crippen LogP contribution in [0.25, 0.3) is 11.0 Å². The summed E-state index contributed by atoms with van der Waals surface area (Å²) in [5.41, 5.74) is 5.28. The van der Waals surface area contributed by atoms with E-state index in [1.165, 1.54) is 6.07 Å². The summed E-state index contributed by atoms with van der Waals surface area (Å²) in [5, 5.41) is 18.5. The van der Waals surface area contributed by atoms with E-state index in [-0.39, 0.29) is 17.7 Å². The van der Waals surface area contributed by atoms with E-state index in [2.05, 4.69) is 14.5 Å². The van der Waals surface area contributed by atoms with Gasteiger partial charge in [0.15, 0.2) is 0 Å². The van der Waals surface area contributed by atoms with Crippen LogP contribution in [0.1, 0.15) is 56.6 Å². The van der Waals surface area contributed by atoms with Crippen molar-refractivity contribution < 1.29 is 19.0 Å². The SMILES string of the molecule is N#Cc1ccc(COc2cccc([C@@H]3CCN(Cc4nc5ccc(C(=O)O)cc5n4Cc4cncs4)[C@H]4C[C@@H]34)n2)c(F)c1. The number of hydrogen-bond acceptors (Lipinski definition) is 8. The molecule has 11 heteroatoms. The summed E-state index contributed by atoms with van der Waals surface area (Å²) in [7, 11) is 0. The van der Waals surface area contributed by atoms with Crippen molar-refractivity contribution in [2.75, 3.05) is 6.54 Å². The average molecular weight is 595 g/mol. The van der Waals surface area contributed by atoms with E-state index in [0.717, 1.165) is 46.8 Å². The Labute approximate surface area is 250 Å². The Bertz CT molecular complexity index is 1870. The molecule has 1 aliphatic carbocycles. The molecule has 4 heterocycles. The average Bonchev–Trinajstić information content (AvgIpc) is 3.53. The molecule has 1 N–H and O–H groups in total. The molecule has 2 aromatic carbocycles. The van der Waals surface area contributed by atoms with Crippen molar-refractivity contribution in [1.82, 2.24) is 24.4 Å². The van der Waals surface area contributed by atoms with Crippen molar-refractivity contribution in [2.45, 2.75) is 44.5 Å². The molecule has 1 aliphatic heterocycles. The number of imidazole rings is 1. The number of nitrogens with zero attached hydrogens (tertiary/aromatic N) is 6. The van der Waals surface area contributed by atoms with E-state index in [9.17, 15) is 14.3 Å². The highest BCUT2D eigenvalue weighted by Gasteiger charge is 2.50. The first-order chi connectivity index (χ1) is 21.0. The van der Waals surface area contributed by atoms with Crippen molar-refractivity contribution in [3.8, 4) is 11.9 Å². The normalized spacial score (nSPS) is 19.6. The van der Waals surface area contributed by atoms with Gasteiger partial charge in [-0.2, -0.15) is 5.26 Å². The van der Waals surface area contributed by atoms with E-state index in [1.54, 1.807) is 53.2 Å². The minimum absolute atomic E-state index is 0.0367. The Kier molecular flexibility index (Phi) is 7.08. The van der Waals surface area contributed by atoms with E-state index >= 15 is 0 Å². The van der Waals surface area contributed by atoms with Gasteiger partial charge in [-0.15, -0.1) is 11.3 Å². The molecule has 0 spiro atoms. The molecular weight excluding hydrogens is 567 g/mol. The maximum Gasteiger partial charge on any atom is 0.335 e. The Morgan fingerprint density at radius 1 is 1.16 bits per heavy atom. The molecule has 3 aromatic heterocycles. The Hall–Kier alpha value is -4.66. The number of thiazole rings is 1. The summed E-state index contributed by atoms with van der Waals surface area (Å²) in [6.45, 7) is 2.19. The number of aromatic nitrogens is 4. The minimum atomic E-state index is -0.957. The van der Waals surface area contributed by atoms with Gasteiger partial charge >= 0.3 is 5.97 Å². The number of aromatic carboxylic acids is 1. The van der Waals surface area contributed by atoms with Crippen LogP contribution in [0.2, 0.25) is 0 Å². The summed E-state index contributed by atoms with van der Waals surface area (Å²) in [5.74, 6) is 0.737. The van der Waals surface area contributed by atoms with Gasteiger partial charge in [0.05, 0.1) is 46.8 Å². The zero-order chi connectivity index (χ0) is 29.5. The van der Waals surface area contributed by atoms with Crippen LogP contribution >= 0.6 is 11.3 Å². The van der Waals surface area contributed by atoms with Gasteiger partial charge in [0.1, 0.15) is 18.2 Å². The number of hydrogen-bond donors (Lipinski definition) is 1. The number of likely N-dealkylation sites (tertiary alicyclic amines) is 1. The van der Waals surface area contributed by atoms with E-state index in [1.807, 2.05) is 24.4 Å². The molecule has 216 valence electrons. The van der Waals surface area contributed by atoms with Crippen molar-refractivity contribution in [3.05, 3.63) is 105 Å². The Morgan fingerprint density at radius 3 is 2.86 bits per heavy atom. The molecule has 0 bridgehead atoms. The number of nitriles is 1. The number of rotatable bonds is 9. The predicted molar refractivity (Wildman–Crippen MR) is 157 cm³/mol. The minimum Gasteiger partial charge on any atom is -0.478 e. The molecule has 9 nitrogen and oxygen atoms in total. The quantitative estimate of drug-likeness (QED) is 0.234. The number of piperidine rings is 1. The second-order valence-electron chi connectivity index (χ2n) is 11.0. The number of benzene rings is 2. The van der Waals surface area contributed by atoms with Crippen molar-refractivity contribution in [3.63, 3.8) is 0 Å². The molecule has 0 radical (unpaired) electrons. The molecule has 2 aliphatic rings. The zero-order valence-corrected chi connectivity index (χ0v) is 23.9. The van der Waals surface area contributed by atoms with E-state index in [0.29, 0.717) is 42.4 Å². The molecule has 2 fully saturated rings. The summed E-state index contributed by atoms with van der Waals surface area (Å²) in [4.78, 5) is 29.2. The Balaban J connectivity index is 1.06. The van der Waals surface area contributed by atoms with Crippen molar-refractivity contribution >= 4 is 28.3 Å². The van der Waals surface area contributed by atoms with Crippen LogP contribution in [0.15, 0.2) is 66.3 Å². The number of fused-ring (bicyclic) bond motifs is 2. The van der Waals surface area contributed by atoms with Crippen LogP contribution < -0.4 is 4.74 Å². The first kappa shape index (κ1) is 27.2. The van der Waals surface area contributed by atoms with Crippen LogP contribution in [0.5, 0.6) is 5.88 Å². The maximum absolute atomic E-state index is 14.3. The molecule has 0 unspecified atom stereocenters. The number of carboxylic acid groups (broad SMARTS) is 1. The second kappa shape index (κ2) is 11.2. The van der Waals surface area contributed by atoms with Crippen LogP contribution in [0.4, 0.5) is 4.39 Å². The highest BCUT2D eigenvalue weighted by Crippen LogP contribution is 2.51. The molecule has 3 atom stereocenters. The smallest absolute Gasteiger partial charge is 0.335 e. The molecule has 5 aromatic rings. The van der Waals surface area contributed by atoms with Crippen LogP contribution in [-0.2, 0) is 19.7 Å². The second-order valence-corrected chi connectivity index (χ2v) is 12.0. The monoisotopic (exact) mass is 594 g/mol. The summed E-state index contributed by atoms with van der Waals surface area (Å²) in [6, 6.07) is 17.6. The third-order valence-electron chi connectivity index (χ3n) is 8.42. The number of pyridine rings is 1. The van der Waals surface area contributed by atoms with E-state index < -0.39 is 11.8 Å². The molecule has 1 saturated carbocycles. The number of carbonyl (C=O) groups is 1. The topological polar surface area (TPSA) is 117 Å². The lowest BCUT2D eigenvalue weighted by atomic mass is 9.92. The zero-order valence-electron chi connectivity index (χ0n) is 23.1. The molecule has 1 saturated heterocycles. The van der Waals surface area contributed by atoms with Gasteiger partial charge in [0, 0.05) is 40.4 Å². The number of halogens is 1. The van der Waals surface area contributed by atoms with Gasteiger partial charge in [0.25, 0.3) is 0 Å². The highest BCUT2D eigenvalue weighted by atomic mass is 32.1. The third-order valence-corrected chi connectivity index (χ3v) is 9.18. The predicted octanol–water partition coefficient (Wildman–Crippen LogP) is 5.60. The van der Waals surface area contributed by atoms with Crippen LogP contribution in [-0.4, -0.2) is 48.1 Å². The van der Waals surface area contributed by atoms with Gasteiger partial charge in [-0.05, 0) is 61.7 Å². The lowest BCUT2D eigenvalue weighted by Gasteiger charge is -2.31. The van der Waals surface area contributed by atoms with Crippen molar-refractivity contribution in [2.24, 2.45) is 5.92 Å². The van der Waals surface area contributed by atoms with Gasteiger partial charge in [-0.1, -0.05) is 12.1 Å². The van der Waals surface area contributed by atoms with Crippen molar-refractivity contribution in [1.29, 1.82) is 5.26 Å². The highest BCUT2D eigenvalue weighted by molar-refractivity contribution is 7.09. The third kappa shape index (κ3) is 5.47. The molecule has 43 heavy (non-hydrogen) atoms. The Morgan fingerprint density at radius 2 is 2.07 bits per heavy atom. The molecule has 7 rings (SSSR count). The van der Waals surface area contributed by atoms with E-state index in [4.69, 9.17) is 20.0 Å². The summed E-state index contributed by atoms with van der Waals surface area (Å²) < 4.78 is 22.3. The van der Waals surface area contributed by atoms with Gasteiger partial charge in [0.2, 0.25) is 5.88 Å². The number of ether oxygens (including phenoxy) is 1. The molecule has 0 amide bonds. The lowest BCUT2D eigenvalue weighted by molar-refractivity contribution is 0.0697.